The number of pyridine rings is 1. The fourth-order valence-corrected chi connectivity index (χ4v) is 2.89. The van der Waals surface area contributed by atoms with E-state index in [1.807, 2.05) is 56.1 Å². The number of nitrogens with zero attached hydrogens (tertiary/aromatic N) is 5. The molecule has 0 atom stereocenters. The number of rotatable bonds is 4. The zero-order valence-electron chi connectivity index (χ0n) is 14.8. The highest BCUT2D eigenvalue weighted by atomic mass is 15.3. The molecule has 25 heavy (non-hydrogen) atoms. The molecule has 0 saturated heterocycles. The highest BCUT2D eigenvalue weighted by Gasteiger charge is 2.19. The Morgan fingerprint density at radius 3 is 2.76 bits per heavy atom. The van der Waals surface area contributed by atoms with Crippen molar-refractivity contribution in [3.63, 3.8) is 0 Å². The van der Waals surface area contributed by atoms with E-state index in [0.29, 0.717) is 6.42 Å². The molecular weight excluding hydrogens is 311 g/mol. The zero-order valence-corrected chi connectivity index (χ0v) is 14.8. The van der Waals surface area contributed by atoms with Crippen LogP contribution in [0, 0.1) is 0 Å². The molecule has 7 heteroatoms. The molecule has 0 aliphatic carbocycles. The molecule has 0 amide bonds. The summed E-state index contributed by atoms with van der Waals surface area (Å²) in [4.78, 5) is 8.67. The Kier molecular flexibility index (Phi) is 4.24. The molecular formula is C18H21BN6. The van der Waals surface area contributed by atoms with Crippen molar-refractivity contribution in [2.45, 2.75) is 25.6 Å². The number of hydrogen-bond acceptors (Lipinski definition) is 4. The van der Waals surface area contributed by atoms with Crippen LogP contribution in [-0.4, -0.2) is 27.0 Å². The van der Waals surface area contributed by atoms with Crippen molar-refractivity contribution in [1.82, 2.24) is 19.2 Å². The van der Waals surface area contributed by atoms with Gasteiger partial charge in [0.05, 0.1) is 19.1 Å². The molecule has 2 N–H and O–H groups in total. The number of nitrogen functional groups attached to an aromatic ring is 1. The Bertz CT molecular complexity index is 1010. The maximum Gasteiger partial charge on any atom is 0.238 e. The van der Waals surface area contributed by atoms with E-state index in [1.165, 1.54) is 6.20 Å². The molecule has 2 radical (unpaired) electrons. The lowest BCUT2D eigenvalue weighted by molar-refractivity contribution is 0.661. The van der Waals surface area contributed by atoms with E-state index < -0.39 is 5.31 Å². The van der Waals surface area contributed by atoms with Crippen molar-refractivity contribution in [3.8, 4) is 11.1 Å². The molecule has 0 spiro atoms. The predicted octanol–water partition coefficient (Wildman–Crippen LogP) is 2.27. The average molecular weight is 332 g/mol. The van der Waals surface area contributed by atoms with Crippen molar-refractivity contribution in [1.29, 1.82) is 0 Å². The molecule has 126 valence electrons. The Morgan fingerprint density at radius 2 is 2.12 bits per heavy atom. The summed E-state index contributed by atoms with van der Waals surface area (Å²) in [5, 5.41) is 3.88. The van der Waals surface area contributed by atoms with Crippen LogP contribution in [0.25, 0.3) is 16.6 Å². The first-order valence-electron chi connectivity index (χ1n) is 8.03. The molecule has 3 aromatic rings. The van der Waals surface area contributed by atoms with Crippen molar-refractivity contribution in [2.24, 2.45) is 12.0 Å². The average Bonchev–Trinajstić information content (AvgIpc) is 2.91. The van der Waals surface area contributed by atoms with E-state index in [0.717, 1.165) is 27.8 Å². The Labute approximate surface area is 148 Å². The van der Waals surface area contributed by atoms with E-state index in [1.54, 1.807) is 4.52 Å². The molecule has 0 fully saturated rings. The van der Waals surface area contributed by atoms with E-state index in [-0.39, 0.29) is 5.95 Å². The molecule has 0 bridgehead atoms. The maximum absolute atomic E-state index is 6.21. The van der Waals surface area contributed by atoms with Crippen LogP contribution in [0.2, 0.25) is 5.31 Å². The first-order chi connectivity index (χ1) is 11.8. The van der Waals surface area contributed by atoms with Gasteiger partial charge in [-0.3, -0.25) is 0 Å². The third kappa shape index (κ3) is 3.50. The first kappa shape index (κ1) is 17.0. The van der Waals surface area contributed by atoms with E-state index >= 15 is 0 Å². The van der Waals surface area contributed by atoms with Crippen LogP contribution in [0.4, 0.5) is 5.95 Å². The highest BCUT2D eigenvalue weighted by molar-refractivity contribution is 6.14. The van der Waals surface area contributed by atoms with Crippen LogP contribution in [0.3, 0.4) is 0 Å². The van der Waals surface area contributed by atoms with Gasteiger partial charge in [0.25, 0.3) is 0 Å². The SMILES string of the molecule is [B]C(C)(C)Cc1nc(N)nn2ccc(-c3ccc(=NC=C)n(C)c3)c12. The van der Waals surface area contributed by atoms with Gasteiger partial charge in [-0.05, 0) is 24.6 Å². The van der Waals surface area contributed by atoms with Gasteiger partial charge in [0.15, 0.2) is 0 Å². The Hall–Kier alpha value is -2.83. The lowest BCUT2D eigenvalue weighted by Gasteiger charge is -2.19. The molecule has 0 aliphatic rings. The van der Waals surface area contributed by atoms with E-state index in [9.17, 15) is 0 Å². The van der Waals surface area contributed by atoms with Crippen LogP contribution in [0.15, 0.2) is 48.4 Å². The second-order valence-corrected chi connectivity index (χ2v) is 6.80. The van der Waals surface area contributed by atoms with Gasteiger partial charge < -0.3 is 10.3 Å². The van der Waals surface area contributed by atoms with Gasteiger partial charge in [-0.1, -0.05) is 25.7 Å². The molecule has 6 nitrogen and oxygen atoms in total. The van der Waals surface area contributed by atoms with E-state index in [2.05, 4.69) is 21.7 Å². The highest BCUT2D eigenvalue weighted by Crippen LogP contribution is 2.31. The van der Waals surface area contributed by atoms with Gasteiger partial charge in [0.1, 0.15) is 5.49 Å². The molecule has 0 unspecified atom stereocenters. The third-order valence-electron chi connectivity index (χ3n) is 3.86. The molecule has 0 aliphatic heterocycles. The van der Waals surface area contributed by atoms with Gasteiger partial charge in [-0.15, -0.1) is 5.10 Å². The second kappa shape index (κ2) is 6.24. The largest absolute Gasteiger partial charge is 0.367 e. The van der Waals surface area contributed by atoms with Crippen molar-refractivity contribution in [3.05, 3.63) is 54.6 Å². The fraction of sp³-hybridized carbons (Fsp3) is 0.278. The van der Waals surface area contributed by atoms with Gasteiger partial charge in [-0.2, -0.15) is 0 Å². The number of fused-ring (bicyclic) bond motifs is 1. The maximum atomic E-state index is 6.21. The van der Waals surface area contributed by atoms with E-state index in [4.69, 9.17) is 13.6 Å². The molecule has 3 aromatic heterocycles. The lowest BCUT2D eigenvalue weighted by atomic mass is 9.69. The van der Waals surface area contributed by atoms with Crippen molar-refractivity contribution < 1.29 is 0 Å². The molecule has 3 heterocycles. The summed E-state index contributed by atoms with van der Waals surface area (Å²) in [6.07, 6.45) is 6.03. The standard InChI is InChI=1S/C18H21BN6/c1-5-21-15-7-6-12(11-24(15)4)13-8-9-25-16(13)14(10-18(2,3)19)22-17(20)23-25/h5-9,11H,1,10H2,2-4H3,(H2,20,23). The molecule has 0 saturated carbocycles. The summed E-state index contributed by atoms with van der Waals surface area (Å²) >= 11 is 0. The fourth-order valence-electron chi connectivity index (χ4n) is 2.89. The van der Waals surface area contributed by atoms with Crippen LogP contribution < -0.4 is 11.2 Å². The second-order valence-electron chi connectivity index (χ2n) is 6.80. The van der Waals surface area contributed by atoms with Gasteiger partial charge >= 0.3 is 0 Å². The normalized spacial score (nSPS) is 12.7. The number of nitrogens with two attached hydrogens (primary N) is 1. The summed E-state index contributed by atoms with van der Waals surface area (Å²) in [7, 11) is 8.15. The lowest BCUT2D eigenvalue weighted by Crippen LogP contribution is -2.16. The number of anilines is 1. The van der Waals surface area contributed by atoms with Crippen molar-refractivity contribution in [2.75, 3.05) is 5.73 Å². The molecule has 0 aromatic carbocycles. The quantitative estimate of drug-likeness (QED) is 0.745. The van der Waals surface area contributed by atoms with Gasteiger partial charge in [0.2, 0.25) is 5.95 Å². The predicted molar refractivity (Wildman–Crippen MR) is 101 cm³/mol. The van der Waals surface area contributed by atoms with Crippen LogP contribution in [0.1, 0.15) is 19.5 Å². The minimum atomic E-state index is -0.403. The van der Waals surface area contributed by atoms with Gasteiger partial charge in [-0.25, -0.2) is 14.5 Å². The van der Waals surface area contributed by atoms with Crippen LogP contribution in [-0.2, 0) is 13.5 Å². The number of aromatic nitrogens is 4. The minimum absolute atomic E-state index is 0.236. The Morgan fingerprint density at radius 1 is 1.36 bits per heavy atom. The number of aryl methyl sites for hydroxylation is 1. The summed E-state index contributed by atoms with van der Waals surface area (Å²) in [6, 6.07) is 5.98. The summed E-state index contributed by atoms with van der Waals surface area (Å²) < 4.78 is 3.71. The van der Waals surface area contributed by atoms with Crippen LogP contribution in [0.5, 0.6) is 0 Å². The van der Waals surface area contributed by atoms with Crippen molar-refractivity contribution >= 4 is 19.3 Å². The summed E-state index contributed by atoms with van der Waals surface area (Å²) in [6.45, 7) is 7.58. The topological polar surface area (TPSA) is 73.5 Å². The number of hydrogen-bond donors (Lipinski definition) is 1. The minimum Gasteiger partial charge on any atom is -0.367 e. The summed E-state index contributed by atoms with van der Waals surface area (Å²) in [5.41, 5.74) is 10.5. The molecule has 3 rings (SSSR count). The summed E-state index contributed by atoms with van der Waals surface area (Å²) in [5.74, 6) is 0.236. The zero-order chi connectivity index (χ0) is 18.2. The van der Waals surface area contributed by atoms with Gasteiger partial charge in [0, 0.05) is 36.8 Å². The first-order valence-corrected chi connectivity index (χ1v) is 8.03. The smallest absolute Gasteiger partial charge is 0.238 e. The Balaban J connectivity index is 2.22. The third-order valence-corrected chi connectivity index (χ3v) is 3.86. The van der Waals surface area contributed by atoms with Crippen LogP contribution >= 0.6 is 0 Å². The monoisotopic (exact) mass is 332 g/mol.